The molecule has 31 heavy (non-hydrogen) atoms. The maximum atomic E-state index is 13.3. The lowest BCUT2D eigenvalue weighted by molar-refractivity contribution is 0.0525. The molecule has 4 rings (SSSR count). The van der Waals surface area contributed by atoms with E-state index in [0.29, 0.717) is 23.5 Å². The Morgan fingerprint density at radius 2 is 1.68 bits per heavy atom. The molecule has 0 N–H and O–H groups in total. The quantitative estimate of drug-likeness (QED) is 0.544. The number of nitrogens with zero attached hydrogens (tertiary/aromatic N) is 1. The molecule has 3 aromatic rings. The monoisotopic (exact) mass is 419 g/mol. The van der Waals surface area contributed by atoms with Gasteiger partial charge in [-0.15, -0.1) is 0 Å². The number of aryl methyl sites for hydroxylation is 2. The maximum Gasteiger partial charge on any atom is 0.419 e. The summed E-state index contributed by atoms with van der Waals surface area (Å²) in [5.41, 5.74) is 1.88. The number of carbonyl (C=O) groups excluding carboxylic acids is 2. The number of fused-ring (bicyclic) bond motifs is 1. The molecule has 1 aliphatic heterocycles. The largest absolute Gasteiger partial charge is 0.454 e. The average Bonchev–Trinajstić information content (AvgIpc) is 3.37. The molecule has 0 saturated carbocycles. The fourth-order valence-electron chi connectivity index (χ4n) is 3.48. The highest BCUT2D eigenvalue weighted by molar-refractivity contribution is 6.10. The van der Waals surface area contributed by atoms with Crippen LogP contribution in [-0.2, 0) is 17.6 Å². The van der Waals surface area contributed by atoms with E-state index in [1.165, 1.54) is 4.57 Å². The number of ether oxygens (including phenoxy) is 3. The number of rotatable bonds is 5. The highest BCUT2D eigenvalue weighted by atomic mass is 16.7. The first kappa shape index (κ1) is 20.7. The van der Waals surface area contributed by atoms with Gasteiger partial charge in [-0.25, -0.2) is 9.36 Å². The van der Waals surface area contributed by atoms with E-state index in [1.54, 1.807) is 45.0 Å². The van der Waals surface area contributed by atoms with Crippen LogP contribution in [0.15, 0.2) is 60.7 Å². The molecule has 6 nitrogen and oxygen atoms in total. The molecule has 0 unspecified atom stereocenters. The van der Waals surface area contributed by atoms with Crippen LogP contribution < -0.4 is 9.47 Å². The minimum atomic E-state index is -0.683. The molecular weight excluding hydrogens is 394 g/mol. The van der Waals surface area contributed by atoms with Crippen molar-refractivity contribution >= 4 is 11.9 Å². The Labute approximate surface area is 181 Å². The second-order valence-corrected chi connectivity index (χ2v) is 8.41. The van der Waals surface area contributed by atoms with Crippen LogP contribution in [0, 0.1) is 0 Å². The minimum absolute atomic E-state index is 0.130. The van der Waals surface area contributed by atoms with E-state index in [2.05, 4.69) is 0 Å². The third kappa shape index (κ3) is 4.63. The van der Waals surface area contributed by atoms with Crippen LogP contribution in [0.25, 0.3) is 0 Å². The molecule has 0 amide bonds. The lowest BCUT2D eigenvalue weighted by atomic mass is 10.1. The van der Waals surface area contributed by atoms with Crippen molar-refractivity contribution in [3.63, 3.8) is 0 Å². The van der Waals surface area contributed by atoms with Crippen molar-refractivity contribution in [3.05, 3.63) is 83.2 Å². The fourth-order valence-corrected chi connectivity index (χ4v) is 3.48. The number of carbonyl (C=O) groups is 2. The van der Waals surface area contributed by atoms with Gasteiger partial charge in [0.05, 0.1) is 0 Å². The molecule has 0 fully saturated rings. The van der Waals surface area contributed by atoms with Gasteiger partial charge >= 0.3 is 6.09 Å². The van der Waals surface area contributed by atoms with Crippen molar-refractivity contribution < 1.29 is 23.8 Å². The Bertz CT molecular complexity index is 1110. The predicted molar refractivity (Wildman–Crippen MR) is 116 cm³/mol. The summed E-state index contributed by atoms with van der Waals surface area (Å²) < 4.78 is 17.7. The van der Waals surface area contributed by atoms with Crippen molar-refractivity contribution in [1.29, 1.82) is 0 Å². The topological polar surface area (TPSA) is 66.8 Å². The van der Waals surface area contributed by atoms with Gasteiger partial charge in [-0.1, -0.05) is 30.3 Å². The minimum Gasteiger partial charge on any atom is -0.454 e. The van der Waals surface area contributed by atoms with Crippen LogP contribution >= 0.6 is 0 Å². The first-order chi connectivity index (χ1) is 14.8. The van der Waals surface area contributed by atoms with E-state index in [0.717, 1.165) is 17.7 Å². The zero-order valence-corrected chi connectivity index (χ0v) is 17.9. The number of benzene rings is 2. The number of ketones is 1. The summed E-state index contributed by atoms with van der Waals surface area (Å²) in [6.45, 7) is 5.54. The second-order valence-electron chi connectivity index (χ2n) is 8.41. The van der Waals surface area contributed by atoms with E-state index in [4.69, 9.17) is 14.2 Å². The smallest absolute Gasteiger partial charge is 0.419 e. The summed E-state index contributed by atoms with van der Waals surface area (Å²) >= 11 is 0. The lowest BCUT2D eigenvalue weighted by Crippen LogP contribution is -2.30. The Morgan fingerprint density at radius 1 is 0.935 bits per heavy atom. The zero-order valence-electron chi connectivity index (χ0n) is 17.9. The first-order valence-electron chi connectivity index (χ1n) is 10.2. The number of aromatic nitrogens is 1. The van der Waals surface area contributed by atoms with Crippen molar-refractivity contribution in [2.45, 2.75) is 39.2 Å². The van der Waals surface area contributed by atoms with Crippen molar-refractivity contribution in [1.82, 2.24) is 4.57 Å². The molecule has 160 valence electrons. The molecule has 2 aromatic carbocycles. The summed E-state index contributed by atoms with van der Waals surface area (Å²) in [5, 5.41) is 0. The van der Waals surface area contributed by atoms with Gasteiger partial charge in [0.15, 0.2) is 11.5 Å². The van der Waals surface area contributed by atoms with Crippen LogP contribution in [-0.4, -0.2) is 28.8 Å². The summed E-state index contributed by atoms with van der Waals surface area (Å²) in [6, 6.07) is 18.5. The molecule has 2 heterocycles. The van der Waals surface area contributed by atoms with Gasteiger partial charge < -0.3 is 14.2 Å². The van der Waals surface area contributed by atoms with Gasteiger partial charge in [-0.2, -0.15) is 0 Å². The predicted octanol–water partition coefficient (Wildman–Crippen LogP) is 5.02. The van der Waals surface area contributed by atoms with Gasteiger partial charge in [-0.05, 0) is 69.5 Å². The van der Waals surface area contributed by atoms with E-state index >= 15 is 0 Å². The van der Waals surface area contributed by atoms with Gasteiger partial charge in [0, 0.05) is 11.3 Å². The van der Waals surface area contributed by atoms with Gasteiger partial charge in [0.25, 0.3) is 0 Å². The van der Waals surface area contributed by atoms with E-state index in [9.17, 15) is 9.59 Å². The van der Waals surface area contributed by atoms with Crippen LogP contribution in [0.4, 0.5) is 4.79 Å². The molecule has 1 aromatic heterocycles. The summed E-state index contributed by atoms with van der Waals surface area (Å²) in [7, 11) is 0. The SMILES string of the molecule is CC(C)(C)OC(=O)n1c(CCc2ccccc2)ccc1C(=O)c1ccc2c(c1)OCO2. The molecule has 6 heteroatoms. The average molecular weight is 419 g/mol. The normalized spacial score (nSPS) is 12.6. The molecule has 0 saturated heterocycles. The maximum absolute atomic E-state index is 13.3. The first-order valence-corrected chi connectivity index (χ1v) is 10.2. The van der Waals surface area contributed by atoms with E-state index < -0.39 is 11.7 Å². The lowest BCUT2D eigenvalue weighted by Gasteiger charge is -2.21. The molecule has 0 radical (unpaired) electrons. The Morgan fingerprint density at radius 3 is 2.42 bits per heavy atom. The fraction of sp³-hybridized carbons (Fsp3) is 0.280. The van der Waals surface area contributed by atoms with Gasteiger partial charge in [-0.3, -0.25) is 4.79 Å². The summed E-state index contributed by atoms with van der Waals surface area (Å²) in [5.74, 6) is 0.836. The third-order valence-corrected chi connectivity index (χ3v) is 4.92. The van der Waals surface area contributed by atoms with Crippen LogP contribution in [0.5, 0.6) is 11.5 Å². The summed E-state index contributed by atoms with van der Waals surface area (Å²) in [6.07, 6.45) is 0.771. The molecule has 0 spiro atoms. The Balaban J connectivity index is 1.67. The van der Waals surface area contributed by atoms with E-state index in [1.807, 2.05) is 36.4 Å². The van der Waals surface area contributed by atoms with E-state index in [-0.39, 0.29) is 18.3 Å². The standard InChI is InChI=1S/C25H25NO5/c1-25(2,3)31-24(28)26-19(11-9-17-7-5-4-6-8-17)12-13-20(26)23(27)18-10-14-21-22(15-18)30-16-29-21/h4-8,10,12-15H,9,11,16H2,1-3H3. The van der Waals surface area contributed by atoms with Gasteiger partial charge in [0.1, 0.15) is 11.3 Å². The van der Waals surface area contributed by atoms with Crippen LogP contribution in [0.1, 0.15) is 48.1 Å². The van der Waals surface area contributed by atoms with Crippen LogP contribution in [0.3, 0.4) is 0 Å². The molecule has 0 atom stereocenters. The Hall–Kier alpha value is -3.54. The van der Waals surface area contributed by atoms with Gasteiger partial charge in [0.2, 0.25) is 12.6 Å². The van der Waals surface area contributed by atoms with Crippen LogP contribution in [0.2, 0.25) is 0 Å². The molecule has 1 aliphatic rings. The Kier molecular flexibility index (Phi) is 5.55. The number of hydrogen-bond donors (Lipinski definition) is 0. The molecule has 0 aliphatic carbocycles. The van der Waals surface area contributed by atoms with Crippen molar-refractivity contribution in [2.75, 3.05) is 6.79 Å². The van der Waals surface area contributed by atoms with Crippen molar-refractivity contribution in [2.24, 2.45) is 0 Å². The van der Waals surface area contributed by atoms with Crippen molar-refractivity contribution in [3.8, 4) is 11.5 Å². The molecular formula is C25H25NO5. The highest BCUT2D eigenvalue weighted by Gasteiger charge is 2.26. The molecule has 0 bridgehead atoms. The second kappa shape index (κ2) is 8.30. The zero-order chi connectivity index (χ0) is 22.0. The third-order valence-electron chi connectivity index (χ3n) is 4.92. The number of hydrogen-bond acceptors (Lipinski definition) is 5. The summed E-state index contributed by atoms with van der Waals surface area (Å²) in [4.78, 5) is 26.3. The highest BCUT2D eigenvalue weighted by Crippen LogP contribution is 2.33.